The van der Waals surface area contributed by atoms with Crippen molar-refractivity contribution in [2.24, 2.45) is 5.41 Å². The van der Waals surface area contributed by atoms with E-state index in [9.17, 15) is 18.0 Å². The molecule has 1 aromatic heterocycles. The van der Waals surface area contributed by atoms with Crippen LogP contribution in [0.2, 0.25) is 0 Å². The molecule has 0 bridgehead atoms. The highest BCUT2D eigenvalue weighted by molar-refractivity contribution is 7.91. The van der Waals surface area contributed by atoms with Gasteiger partial charge >= 0.3 is 0 Å². The molecule has 2 aliphatic rings. The van der Waals surface area contributed by atoms with Crippen LogP contribution in [0.15, 0.2) is 24.5 Å². The highest BCUT2D eigenvalue weighted by atomic mass is 32.2. The van der Waals surface area contributed by atoms with Crippen molar-refractivity contribution in [3.8, 4) is 0 Å². The summed E-state index contributed by atoms with van der Waals surface area (Å²) in [6, 6.07) is 3.24. The zero-order valence-electron chi connectivity index (χ0n) is 12.6. The molecule has 124 valence electrons. The third-order valence-electron chi connectivity index (χ3n) is 4.36. The van der Waals surface area contributed by atoms with Crippen molar-refractivity contribution in [1.82, 2.24) is 15.6 Å². The van der Waals surface area contributed by atoms with Crippen molar-refractivity contribution in [1.29, 1.82) is 0 Å². The molecule has 1 aliphatic heterocycles. The van der Waals surface area contributed by atoms with E-state index >= 15 is 0 Å². The van der Waals surface area contributed by atoms with Crippen LogP contribution in [-0.4, -0.2) is 42.8 Å². The lowest BCUT2D eigenvalue weighted by Crippen LogP contribution is -2.46. The van der Waals surface area contributed by atoms with E-state index in [1.165, 1.54) is 0 Å². The average Bonchev–Trinajstić information content (AvgIpc) is 3.27. The Balaban J connectivity index is 1.56. The normalized spacial score (nSPS) is 23.9. The topological polar surface area (TPSA) is 105 Å². The molecule has 0 radical (unpaired) electrons. The van der Waals surface area contributed by atoms with Gasteiger partial charge in [-0.05, 0) is 30.9 Å². The summed E-state index contributed by atoms with van der Waals surface area (Å²) >= 11 is 0. The number of hydrogen-bond donors (Lipinski definition) is 2. The molecule has 1 aliphatic carbocycles. The van der Waals surface area contributed by atoms with Gasteiger partial charge in [-0.1, -0.05) is 6.07 Å². The van der Waals surface area contributed by atoms with Crippen LogP contribution in [0.5, 0.6) is 0 Å². The zero-order chi connectivity index (χ0) is 16.5. The maximum Gasteiger partial charge on any atom is 0.235 e. The summed E-state index contributed by atoms with van der Waals surface area (Å²) in [5, 5.41) is 5.49. The first-order valence-electron chi connectivity index (χ1n) is 7.60. The minimum atomic E-state index is -3.05. The molecule has 3 rings (SSSR count). The number of carbonyl (C=O) groups is 2. The Morgan fingerprint density at radius 1 is 1.30 bits per heavy atom. The largest absolute Gasteiger partial charge is 0.351 e. The minimum absolute atomic E-state index is 0.0356. The summed E-state index contributed by atoms with van der Waals surface area (Å²) < 4.78 is 22.9. The standard InChI is InChI=1S/C15H19N3O4S/c19-13(17-9-11-2-1-6-16-8-11)15(4-5-15)14(20)18-12-3-7-23(21,22)10-12/h1-2,6,8,12H,3-5,7,9-10H2,(H,17,19)(H,18,20). The summed E-state index contributed by atoms with van der Waals surface area (Å²) in [6.07, 6.45) is 4.72. The minimum Gasteiger partial charge on any atom is -0.351 e. The number of nitrogens with one attached hydrogen (secondary N) is 2. The van der Waals surface area contributed by atoms with Crippen molar-refractivity contribution >= 4 is 21.7 Å². The van der Waals surface area contributed by atoms with E-state index < -0.39 is 15.3 Å². The molecule has 1 saturated carbocycles. The highest BCUT2D eigenvalue weighted by Crippen LogP contribution is 2.46. The van der Waals surface area contributed by atoms with E-state index in [0.29, 0.717) is 25.8 Å². The van der Waals surface area contributed by atoms with Gasteiger partial charge in [0, 0.05) is 25.0 Å². The summed E-state index contributed by atoms with van der Waals surface area (Å²) in [7, 11) is -3.05. The van der Waals surface area contributed by atoms with Crippen molar-refractivity contribution in [2.45, 2.75) is 31.8 Å². The molecule has 0 spiro atoms. The van der Waals surface area contributed by atoms with E-state index in [0.717, 1.165) is 5.56 Å². The summed E-state index contributed by atoms with van der Waals surface area (Å²) in [4.78, 5) is 28.7. The quantitative estimate of drug-likeness (QED) is 0.723. The Labute approximate surface area is 134 Å². The first-order chi connectivity index (χ1) is 10.9. The van der Waals surface area contributed by atoms with Crippen molar-refractivity contribution in [2.75, 3.05) is 11.5 Å². The van der Waals surface area contributed by atoms with Crippen LogP contribution in [0, 0.1) is 5.41 Å². The number of pyridine rings is 1. The molecular formula is C15H19N3O4S. The van der Waals surface area contributed by atoms with E-state index in [-0.39, 0.29) is 29.4 Å². The first-order valence-corrected chi connectivity index (χ1v) is 9.42. The number of hydrogen-bond acceptors (Lipinski definition) is 5. The fourth-order valence-corrected chi connectivity index (χ4v) is 4.44. The van der Waals surface area contributed by atoms with E-state index in [1.807, 2.05) is 6.07 Å². The maximum absolute atomic E-state index is 12.4. The van der Waals surface area contributed by atoms with Crippen LogP contribution in [0.3, 0.4) is 0 Å². The Bertz CT molecular complexity index is 713. The number of amides is 2. The van der Waals surface area contributed by atoms with Gasteiger partial charge in [0.05, 0.1) is 11.5 Å². The van der Waals surface area contributed by atoms with Crippen LogP contribution in [0.25, 0.3) is 0 Å². The average molecular weight is 337 g/mol. The smallest absolute Gasteiger partial charge is 0.235 e. The number of sulfone groups is 1. The van der Waals surface area contributed by atoms with Crippen molar-refractivity contribution < 1.29 is 18.0 Å². The van der Waals surface area contributed by atoms with Gasteiger partial charge in [-0.25, -0.2) is 8.42 Å². The zero-order valence-corrected chi connectivity index (χ0v) is 13.4. The Kier molecular flexibility index (Phi) is 4.09. The fourth-order valence-electron chi connectivity index (χ4n) is 2.77. The predicted molar refractivity (Wildman–Crippen MR) is 83.0 cm³/mol. The molecule has 8 heteroatoms. The van der Waals surface area contributed by atoms with E-state index in [2.05, 4.69) is 15.6 Å². The van der Waals surface area contributed by atoms with Gasteiger partial charge in [0.1, 0.15) is 5.41 Å². The van der Waals surface area contributed by atoms with Gasteiger partial charge in [-0.3, -0.25) is 14.6 Å². The highest BCUT2D eigenvalue weighted by Gasteiger charge is 2.56. The van der Waals surface area contributed by atoms with Crippen LogP contribution in [0.4, 0.5) is 0 Å². The van der Waals surface area contributed by atoms with Gasteiger partial charge in [-0.15, -0.1) is 0 Å². The summed E-state index contributed by atoms with van der Waals surface area (Å²) in [5.74, 6) is -0.604. The van der Waals surface area contributed by atoms with Crippen LogP contribution < -0.4 is 10.6 Å². The maximum atomic E-state index is 12.4. The Hall–Kier alpha value is -1.96. The first kappa shape index (κ1) is 15.9. The van der Waals surface area contributed by atoms with Crippen LogP contribution in [-0.2, 0) is 26.0 Å². The number of nitrogens with zero attached hydrogens (tertiary/aromatic N) is 1. The molecule has 2 heterocycles. The molecule has 2 amide bonds. The molecule has 2 N–H and O–H groups in total. The van der Waals surface area contributed by atoms with Gasteiger partial charge in [0.2, 0.25) is 11.8 Å². The van der Waals surface area contributed by atoms with Crippen LogP contribution >= 0.6 is 0 Å². The third kappa shape index (κ3) is 3.52. The van der Waals surface area contributed by atoms with Gasteiger partial charge in [0.25, 0.3) is 0 Å². The Morgan fingerprint density at radius 2 is 2.09 bits per heavy atom. The van der Waals surface area contributed by atoms with E-state index in [4.69, 9.17) is 0 Å². The SMILES string of the molecule is O=C(NCc1cccnc1)C1(C(=O)NC2CCS(=O)(=O)C2)CC1. The molecule has 2 fully saturated rings. The molecule has 1 aromatic rings. The molecular weight excluding hydrogens is 318 g/mol. The summed E-state index contributed by atoms with van der Waals surface area (Å²) in [6.45, 7) is 0.319. The lowest BCUT2D eigenvalue weighted by Gasteiger charge is -2.18. The number of rotatable bonds is 5. The second kappa shape index (κ2) is 5.92. The number of aromatic nitrogens is 1. The second-order valence-electron chi connectivity index (χ2n) is 6.20. The van der Waals surface area contributed by atoms with E-state index in [1.54, 1.807) is 18.5 Å². The summed E-state index contributed by atoms with van der Waals surface area (Å²) in [5.41, 5.74) is -0.173. The molecule has 1 atom stereocenters. The lowest BCUT2D eigenvalue weighted by molar-refractivity contribution is -0.137. The van der Waals surface area contributed by atoms with Crippen molar-refractivity contribution in [3.05, 3.63) is 30.1 Å². The molecule has 1 saturated heterocycles. The van der Waals surface area contributed by atoms with Gasteiger partial charge in [0.15, 0.2) is 9.84 Å². The molecule has 7 nitrogen and oxygen atoms in total. The van der Waals surface area contributed by atoms with Gasteiger partial charge in [-0.2, -0.15) is 0 Å². The second-order valence-corrected chi connectivity index (χ2v) is 8.43. The van der Waals surface area contributed by atoms with Crippen LogP contribution in [0.1, 0.15) is 24.8 Å². The monoisotopic (exact) mass is 337 g/mol. The number of carbonyl (C=O) groups excluding carboxylic acids is 2. The lowest BCUT2D eigenvalue weighted by atomic mass is 10.0. The predicted octanol–water partition coefficient (Wildman–Crippen LogP) is -0.219. The van der Waals surface area contributed by atoms with Gasteiger partial charge < -0.3 is 10.6 Å². The van der Waals surface area contributed by atoms with Crippen molar-refractivity contribution in [3.63, 3.8) is 0 Å². The Morgan fingerprint density at radius 3 is 2.65 bits per heavy atom. The molecule has 1 unspecified atom stereocenters. The third-order valence-corrected chi connectivity index (χ3v) is 6.13. The molecule has 0 aromatic carbocycles. The molecule has 23 heavy (non-hydrogen) atoms. The fraction of sp³-hybridized carbons (Fsp3) is 0.533.